The highest BCUT2D eigenvalue weighted by molar-refractivity contribution is 6.00. The van der Waals surface area contributed by atoms with Crippen LogP contribution in [-0.4, -0.2) is 37.7 Å². The Morgan fingerprint density at radius 1 is 0.862 bits per heavy atom. The molecule has 1 aromatic carbocycles. The Morgan fingerprint density at radius 2 is 1.41 bits per heavy atom. The van der Waals surface area contributed by atoms with Crippen molar-refractivity contribution >= 4 is 24.0 Å². The van der Waals surface area contributed by atoms with Crippen LogP contribution in [0.25, 0.3) is 6.08 Å². The third-order valence-corrected chi connectivity index (χ3v) is 4.20. The van der Waals surface area contributed by atoms with Crippen molar-refractivity contribution in [2.24, 2.45) is 5.41 Å². The molecule has 0 N–H and O–H groups in total. The van der Waals surface area contributed by atoms with Crippen molar-refractivity contribution in [3.05, 3.63) is 53.6 Å². The fourth-order valence-corrected chi connectivity index (χ4v) is 2.63. The Bertz CT molecular complexity index is 712. The van der Waals surface area contributed by atoms with Gasteiger partial charge in [0.25, 0.3) is 0 Å². The molecule has 0 aliphatic carbocycles. The van der Waals surface area contributed by atoms with Crippen molar-refractivity contribution in [1.82, 2.24) is 0 Å². The number of rotatable bonds is 11. The number of esters is 3. The van der Waals surface area contributed by atoms with Gasteiger partial charge in [0.2, 0.25) is 0 Å². The predicted molar refractivity (Wildman–Crippen MR) is 111 cm³/mol. The molecule has 0 aliphatic heterocycles. The number of hydrogen-bond donors (Lipinski definition) is 0. The molecule has 0 unspecified atom stereocenters. The quantitative estimate of drug-likeness (QED) is 0.241. The molecule has 158 valence electrons. The van der Waals surface area contributed by atoms with Gasteiger partial charge < -0.3 is 14.2 Å². The Balaban J connectivity index is 3.09. The first kappa shape index (κ1) is 24.1. The van der Waals surface area contributed by atoms with Gasteiger partial charge in [0, 0.05) is 6.92 Å². The normalized spacial score (nSPS) is 11.6. The first-order chi connectivity index (χ1) is 13.9. The van der Waals surface area contributed by atoms with Crippen LogP contribution in [0.2, 0.25) is 0 Å². The second-order valence-electron chi connectivity index (χ2n) is 6.52. The van der Waals surface area contributed by atoms with Crippen LogP contribution in [-0.2, 0) is 28.6 Å². The standard InChI is InChI=1S/C23H30O6/c1-5-27-21(25)23(22(26)28-6-2,15-7-8-17-29-19(4)24)16-9-10-20-13-11-18(3)12-14-20/h7-14H,5-6,15-17H2,1-4H3/b8-7+,10-9+. The molecule has 0 aliphatic rings. The van der Waals surface area contributed by atoms with Crippen LogP contribution in [0.3, 0.4) is 0 Å². The van der Waals surface area contributed by atoms with Crippen molar-refractivity contribution in [2.75, 3.05) is 19.8 Å². The van der Waals surface area contributed by atoms with Crippen LogP contribution in [0.4, 0.5) is 0 Å². The second kappa shape index (κ2) is 12.5. The first-order valence-corrected chi connectivity index (χ1v) is 9.71. The number of aryl methyl sites for hydroxylation is 1. The molecule has 29 heavy (non-hydrogen) atoms. The molecule has 0 amide bonds. The summed E-state index contributed by atoms with van der Waals surface area (Å²) in [4.78, 5) is 36.4. The zero-order valence-electron chi connectivity index (χ0n) is 17.6. The summed E-state index contributed by atoms with van der Waals surface area (Å²) >= 11 is 0. The fourth-order valence-electron chi connectivity index (χ4n) is 2.63. The molecule has 6 nitrogen and oxygen atoms in total. The van der Waals surface area contributed by atoms with Crippen LogP contribution >= 0.6 is 0 Å². The summed E-state index contributed by atoms with van der Waals surface area (Å²) in [6, 6.07) is 7.89. The maximum atomic E-state index is 12.8. The van der Waals surface area contributed by atoms with Crippen LogP contribution in [0.1, 0.15) is 44.7 Å². The van der Waals surface area contributed by atoms with Crippen molar-refractivity contribution < 1.29 is 28.6 Å². The average Bonchev–Trinajstić information content (AvgIpc) is 2.68. The summed E-state index contributed by atoms with van der Waals surface area (Å²) < 4.78 is 15.2. The summed E-state index contributed by atoms with van der Waals surface area (Å²) in [5, 5.41) is 0. The zero-order valence-corrected chi connectivity index (χ0v) is 17.6. The molecule has 0 spiro atoms. The van der Waals surface area contributed by atoms with E-state index in [4.69, 9.17) is 14.2 Å². The van der Waals surface area contributed by atoms with Crippen molar-refractivity contribution in [3.8, 4) is 0 Å². The van der Waals surface area contributed by atoms with Gasteiger partial charge in [0.05, 0.1) is 13.2 Å². The van der Waals surface area contributed by atoms with E-state index in [0.29, 0.717) is 0 Å². The van der Waals surface area contributed by atoms with E-state index in [1.54, 1.807) is 32.1 Å². The number of carbonyl (C=O) groups excluding carboxylic acids is 3. The highest BCUT2D eigenvalue weighted by Crippen LogP contribution is 2.32. The molecular formula is C23H30O6. The average molecular weight is 402 g/mol. The molecule has 0 atom stereocenters. The molecule has 1 rings (SSSR count). The van der Waals surface area contributed by atoms with E-state index in [0.717, 1.165) is 11.1 Å². The van der Waals surface area contributed by atoms with Gasteiger partial charge in [-0.2, -0.15) is 0 Å². The Morgan fingerprint density at radius 3 is 1.93 bits per heavy atom. The molecule has 1 aromatic rings. The lowest BCUT2D eigenvalue weighted by Crippen LogP contribution is -2.41. The van der Waals surface area contributed by atoms with Crippen molar-refractivity contribution in [1.29, 1.82) is 0 Å². The van der Waals surface area contributed by atoms with E-state index in [1.165, 1.54) is 6.92 Å². The van der Waals surface area contributed by atoms with E-state index in [1.807, 2.05) is 37.3 Å². The van der Waals surface area contributed by atoms with E-state index >= 15 is 0 Å². The number of allylic oxidation sites excluding steroid dienone is 2. The Labute approximate surface area is 172 Å². The molecule has 0 radical (unpaired) electrons. The van der Waals surface area contributed by atoms with Crippen LogP contribution < -0.4 is 0 Å². The van der Waals surface area contributed by atoms with Gasteiger partial charge in [-0.25, -0.2) is 0 Å². The monoisotopic (exact) mass is 402 g/mol. The lowest BCUT2D eigenvalue weighted by atomic mass is 9.80. The van der Waals surface area contributed by atoms with Crippen molar-refractivity contribution in [3.63, 3.8) is 0 Å². The van der Waals surface area contributed by atoms with Gasteiger partial charge in [-0.15, -0.1) is 0 Å². The van der Waals surface area contributed by atoms with Gasteiger partial charge in [0.1, 0.15) is 6.61 Å². The Kier molecular flexibility index (Phi) is 10.4. The summed E-state index contributed by atoms with van der Waals surface area (Å²) in [5.41, 5.74) is 0.606. The summed E-state index contributed by atoms with van der Waals surface area (Å²) in [7, 11) is 0. The Hall–Kier alpha value is -2.89. The van der Waals surface area contributed by atoms with Crippen LogP contribution in [0, 0.1) is 12.3 Å². The summed E-state index contributed by atoms with van der Waals surface area (Å²) in [6.07, 6.45) is 7.06. The minimum absolute atomic E-state index is 0.0657. The summed E-state index contributed by atoms with van der Waals surface area (Å²) in [6.45, 7) is 7.06. The number of benzene rings is 1. The predicted octanol–water partition coefficient (Wildman–Crippen LogP) is 4.02. The molecular weight excluding hydrogens is 372 g/mol. The van der Waals surface area contributed by atoms with Gasteiger partial charge in [0.15, 0.2) is 5.41 Å². The minimum atomic E-state index is -1.50. The smallest absolute Gasteiger partial charge is 0.324 e. The lowest BCUT2D eigenvalue weighted by molar-refractivity contribution is -0.171. The lowest BCUT2D eigenvalue weighted by Gasteiger charge is -2.27. The van der Waals surface area contributed by atoms with E-state index in [2.05, 4.69) is 0 Å². The first-order valence-electron chi connectivity index (χ1n) is 9.71. The minimum Gasteiger partial charge on any atom is -0.465 e. The number of ether oxygens (including phenoxy) is 3. The second-order valence-corrected chi connectivity index (χ2v) is 6.52. The maximum Gasteiger partial charge on any atom is 0.324 e. The third-order valence-electron chi connectivity index (χ3n) is 4.20. The largest absolute Gasteiger partial charge is 0.465 e. The van der Waals surface area contributed by atoms with E-state index < -0.39 is 23.3 Å². The van der Waals surface area contributed by atoms with Gasteiger partial charge in [-0.1, -0.05) is 54.1 Å². The fraction of sp³-hybridized carbons (Fsp3) is 0.435. The van der Waals surface area contributed by atoms with Crippen LogP contribution in [0.15, 0.2) is 42.5 Å². The topological polar surface area (TPSA) is 78.9 Å². The molecule has 6 heteroatoms. The van der Waals surface area contributed by atoms with Gasteiger partial charge >= 0.3 is 17.9 Å². The highest BCUT2D eigenvalue weighted by atomic mass is 16.6. The highest BCUT2D eigenvalue weighted by Gasteiger charge is 2.47. The number of carbonyl (C=O) groups is 3. The number of hydrogen-bond acceptors (Lipinski definition) is 6. The van der Waals surface area contributed by atoms with Gasteiger partial charge in [-0.05, 0) is 39.2 Å². The zero-order chi connectivity index (χ0) is 21.7. The SMILES string of the molecule is CCOC(=O)C(C/C=C/COC(C)=O)(C/C=C/c1ccc(C)cc1)C(=O)OCC. The molecule has 0 saturated heterocycles. The van der Waals surface area contributed by atoms with Gasteiger partial charge in [-0.3, -0.25) is 14.4 Å². The van der Waals surface area contributed by atoms with E-state index in [-0.39, 0.29) is 32.7 Å². The van der Waals surface area contributed by atoms with E-state index in [9.17, 15) is 14.4 Å². The molecule has 0 saturated carbocycles. The molecule has 0 heterocycles. The third kappa shape index (κ3) is 7.94. The maximum absolute atomic E-state index is 12.8. The van der Waals surface area contributed by atoms with Crippen molar-refractivity contribution in [2.45, 2.75) is 40.5 Å². The molecule has 0 fully saturated rings. The molecule has 0 bridgehead atoms. The van der Waals surface area contributed by atoms with Crippen LogP contribution in [0.5, 0.6) is 0 Å². The summed E-state index contributed by atoms with van der Waals surface area (Å²) in [5.74, 6) is -1.67. The molecule has 0 aromatic heterocycles.